The van der Waals surface area contributed by atoms with Crippen molar-refractivity contribution in [1.29, 1.82) is 0 Å². The number of nitrogens with zero attached hydrogens (tertiary/aromatic N) is 3. The summed E-state index contributed by atoms with van der Waals surface area (Å²) >= 11 is 1.59. The molecular formula is C15H20N4O2S. The molecule has 0 atom stereocenters. The van der Waals surface area contributed by atoms with Gasteiger partial charge in [-0.05, 0) is 30.7 Å². The molecule has 0 aliphatic heterocycles. The minimum absolute atomic E-state index is 0.0238. The van der Waals surface area contributed by atoms with E-state index in [1.807, 2.05) is 24.4 Å². The third-order valence-corrected chi connectivity index (χ3v) is 4.51. The van der Waals surface area contributed by atoms with Crippen molar-refractivity contribution in [3.05, 3.63) is 28.0 Å². The fraction of sp³-hybridized carbons (Fsp3) is 0.533. The Morgan fingerprint density at radius 1 is 1.50 bits per heavy atom. The lowest BCUT2D eigenvalue weighted by atomic mass is 10.3. The Bertz CT molecular complexity index is 698. The van der Waals surface area contributed by atoms with Gasteiger partial charge >= 0.3 is 5.69 Å². The molecule has 3 rings (SSSR count). The van der Waals surface area contributed by atoms with E-state index < -0.39 is 0 Å². The van der Waals surface area contributed by atoms with Crippen LogP contribution in [0.2, 0.25) is 0 Å². The fourth-order valence-corrected chi connectivity index (χ4v) is 3.12. The Balaban J connectivity index is 1.76. The maximum Gasteiger partial charge on any atom is 0.346 e. The maximum atomic E-state index is 12.5. The van der Waals surface area contributed by atoms with Crippen molar-refractivity contribution in [2.45, 2.75) is 45.2 Å². The number of nitrogens with one attached hydrogen (secondary N) is 1. The first-order valence-corrected chi connectivity index (χ1v) is 8.58. The minimum atomic E-state index is -0.0735. The number of hydrogen-bond acceptors (Lipinski definition) is 4. The van der Waals surface area contributed by atoms with Gasteiger partial charge in [-0.3, -0.25) is 9.36 Å². The normalized spacial score (nSPS) is 14.2. The number of thiophene rings is 1. The van der Waals surface area contributed by atoms with Crippen LogP contribution in [0.15, 0.2) is 22.3 Å². The lowest BCUT2D eigenvalue weighted by molar-refractivity contribution is -0.121. The van der Waals surface area contributed by atoms with Crippen molar-refractivity contribution >= 4 is 17.2 Å². The van der Waals surface area contributed by atoms with Crippen molar-refractivity contribution < 1.29 is 4.79 Å². The zero-order valence-electron chi connectivity index (χ0n) is 12.6. The van der Waals surface area contributed by atoms with Gasteiger partial charge in [-0.2, -0.15) is 0 Å². The Morgan fingerprint density at radius 2 is 2.32 bits per heavy atom. The van der Waals surface area contributed by atoms with Gasteiger partial charge in [0.15, 0.2) is 5.82 Å². The summed E-state index contributed by atoms with van der Waals surface area (Å²) in [5.74, 6) is 0.776. The molecule has 6 nitrogen and oxygen atoms in total. The molecule has 2 aromatic heterocycles. The molecule has 1 amide bonds. The highest BCUT2D eigenvalue weighted by Gasteiger charge is 2.30. The van der Waals surface area contributed by atoms with Crippen LogP contribution in [0.5, 0.6) is 0 Å². The molecule has 1 saturated carbocycles. The number of hydrogen-bond donors (Lipinski definition) is 1. The van der Waals surface area contributed by atoms with E-state index >= 15 is 0 Å². The maximum absolute atomic E-state index is 12.5. The summed E-state index contributed by atoms with van der Waals surface area (Å²) in [7, 11) is 0. The standard InChI is InChI=1S/C15H20N4O2S/c1-2-4-13(20)16-8-9-18-15(21)19(11-6-7-11)14(17-18)12-5-3-10-22-12/h3,5,10-11H,2,4,6-9H2,1H3,(H,16,20). The molecule has 2 aromatic rings. The van der Waals surface area contributed by atoms with E-state index in [0.29, 0.717) is 19.5 Å². The summed E-state index contributed by atoms with van der Waals surface area (Å²) in [6.45, 7) is 2.81. The summed E-state index contributed by atoms with van der Waals surface area (Å²) in [4.78, 5) is 25.0. The van der Waals surface area contributed by atoms with E-state index in [2.05, 4.69) is 10.4 Å². The minimum Gasteiger partial charge on any atom is -0.354 e. The first-order valence-electron chi connectivity index (χ1n) is 7.70. The van der Waals surface area contributed by atoms with Crippen LogP contribution in [0.1, 0.15) is 38.6 Å². The molecule has 118 valence electrons. The van der Waals surface area contributed by atoms with Crippen LogP contribution in [0.3, 0.4) is 0 Å². The first kappa shape index (κ1) is 15.0. The lowest BCUT2D eigenvalue weighted by Crippen LogP contribution is -2.31. The molecule has 0 spiro atoms. The van der Waals surface area contributed by atoms with Crippen molar-refractivity contribution in [2.75, 3.05) is 6.54 Å². The Hall–Kier alpha value is -1.89. The number of aromatic nitrogens is 3. The van der Waals surface area contributed by atoms with Gasteiger partial charge in [-0.1, -0.05) is 13.0 Å². The van der Waals surface area contributed by atoms with Gasteiger partial charge in [0.25, 0.3) is 0 Å². The molecule has 1 N–H and O–H groups in total. The van der Waals surface area contributed by atoms with E-state index in [0.717, 1.165) is 30.0 Å². The molecule has 1 aliphatic rings. The number of amides is 1. The Labute approximate surface area is 132 Å². The molecule has 0 saturated heterocycles. The summed E-state index contributed by atoms with van der Waals surface area (Å²) < 4.78 is 3.28. The zero-order valence-corrected chi connectivity index (χ0v) is 13.4. The van der Waals surface area contributed by atoms with Crippen molar-refractivity contribution in [1.82, 2.24) is 19.7 Å². The van der Waals surface area contributed by atoms with Gasteiger partial charge in [-0.15, -0.1) is 16.4 Å². The van der Waals surface area contributed by atoms with Crippen LogP contribution in [0.4, 0.5) is 0 Å². The monoisotopic (exact) mass is 320 g/mol. The van der Waals surface area contributed by atoms with Gasteiger partial charge in [0, 0.05) is 19.0 Å². The fourth-order valence-electron chi connectivity index (χ4n) is 2.42. The molecular weight excluding hydrogens is 300 g/mol. The smallest absolute Gasteiger partial charge is 0.346 e. The van der Waals surface area contributed by atoms with Crippen molar-refractivity contribution in [3.63, 3.8) is 0 Å². The van der Waals surface area contributed by atoms with E-state index in [-0.39, 0.29) is 17.6 Å². The quantitative estimate of drug-likeness (QED) is 0.848. The van der Waals surface area contributed by atoms with E-state index in [4.69, 9.17) is 0 Å². The number of carbonyl (C=O) groups excluding carboxylic acids is 1. The van der Waals surface area contributed by atoms with Gasteiger partial charge < -0.3 is 5.32 Å². The molecule has 0 radical (unpaired) electrons. The van der Waals surface area contributed by atoms with Crippen LogP contribution in [-0.4, -0.2) is 26.8 Å². The first-order chi connectivity index (χ1) is 10.7. The molecule has 22 heavy (non-hydrogen) atoms. The molecule has 0 unspecified atom stereocenters. The van der Waals surface area contributed by atoms with E-state index in [1.54, 1.807) is 15.9 Å². The van der Waals surface area contributed by atoms with E-state index in [9.17, 15) is 9.59 Å². The average Bonchev–Trinajstić information content (AvgIpc) is 3.07. The molecule has 1 fully saturated rings. The van der Waals surface area contributed by atoms with Crippen LogP contribution < -0.4 is 11.0 Å². The molecule has 0 aromatic carbocycles. The average molecular weight is 320 g/mol. The second-order valence-corrected chi connectivity index (χ2v) is 6.46. The van der Waals surface area contributed by atoms with Gasteiger partial charge in [0.1, 0.15) is 0 Å². The Kier molecular flexibility index (Phi) is 4.42. The number of rotatable bonds is 7. The Morgan fingerprint density at radius 3 is 2.95 bits per heavy atom. The lowest BCUT2D eigenvalue weighted by Gasteiger charge is -2.03. The summed E-state index contributed by atoms with van der Waals surface area (Å²) in [6.07, 6.45) is 3.42. The van der Waals surface area contributed by atoms with Crippen molar-refractivity contribution in [2.24, 2.45) is 0 Å². The van der Waals surface area contributed by atoms with Gasteiger partial charge in [-0.25, -0.2) is 9.48 Å². The SMILES string of the molecule is CCCC(=O)NCCn1nc(-c2cccs2)n(C2CC2)c1=O. The van der Waals surface area contributed by atoms with Crippen molar-refractivity contribution in [3.8, 4) is 10.7 Å². The second-order valence-electron chi connectivity index (χ2n) is 5.51. The van der Waals surface area contributed by atoms with E-state index in [1.165, 1.54) is 4.68 Å². The highest BCUT2D eigenvalue weighted by molar-refractivity contribution is 7.13. The van der Waals surface area contributed by atoms with Crippen LogP contribution in [-0.2, 0) is 11.3 Å². The summed E-state index contributed by atoms with van der Waals surface area (Å²) in [6, 6.07) is 4.23. The molecule has 0 bridgehead atoms. The van der Waals surface area contributed by atoms with Gasteiger partial charge in [0.2, 0.25) is 5.91 Å². The predicted octanol–water partition coefficient (Wildman–Crippen LogP) is 2.02. The predicted molar refractivity (Wildman–Crippen MR) is 86.0 cm³/mol. The number of carbonyl (C=O) groups is 1. The summed E-state index contributed by atoms with van der Waals surface area (Å²) in [5, 5.41) is 9.29. The van der Waals surface area contributed by atoms with Gasteiger partial charge in [0.05, 0.1) is 11.4 Å². The summed E-state index contributed by atoms with van der Waals surface area (Å²) in [5.41, 5.74) is -0.0735. The van der Waals surface area contributed by atoms with Crippen LogP contribution in [0.25, 0.3) is 10.7 Å². The highest BCUT2D eigenvalue weighted by atomic mass is 32.1. The third kappa shape index (κ3) is 3.14. The van der Waals surface area contributed by atoms with Crippen LogP contribution in [0, 0.1) is 0 Å². The third-order valence-electron chi connectivity index (χ3n) is 3.65. The second kappa shape index (κ2) is 6.48. The van der Waals surface area contributed by atoms with Crippen LogP contribution >= 0.6 is 11.3 Å². The highest BCUT2D eigenvalue weighted by Crippen LogP contribution is 2.37. The largest absolute Gasteiger partial charge is 0.354 e. The topological polar surface area (TPSA) is 68.9 Å². The molecule has 2 heterocycles. The molecule has 7 heteroatoms. The zero-order chi connectivity index (χ0) is 15.5. The molecule has 1 aliphatic carbocycles.